The van der Waals surface area contributed by atoms with Gasteiger partial charge in [-0.05, 0) is 17.9 Å². The molecule has 0 amide bonds. The molecule has 102 valence electrons. The van der Waals surface area contributed by atoms with Crippen LogP contribution in [-0.2, 0) is 0 Å². The molecule has 19 heavy (non-hydrogen) atoms. The van der Waals surface area contributed by atoms with E-state index in [1.807, 2.05) is 16.8 Å². The molecule has 0 aliphatic carbocycles. The first-order valence-corrected chi connectivity index (χ1v) is 7.80. The van der Waals surface area contributed by atoms with Gasteiger partial charge in [0.05, 0.1) is 0 Å². The van der Waals surface area contributed by atoms with Gasteiger partial charge >= 0.3 is 0 Å². The maximum absolute atomic E-state index is 10.4. The number of nitrogens with zero attached hydrogens (tertiary/aromatic N) is 2. The van der Waals surface area contributed by atoms with Gasteiger partial charge in [-0.1, -0.05) is 6.07 Å². The molecule has 2 heterocycles. The Bertz CT molecular complexity index is 485. The summed E-state index contributed by atoms with van der Waals surface area (Å²) < 4.78 is 0. The van der Waals surface area contributed by atoms with E-state index in [4.69, 9.17) is 0 Å². The van der Waals surface area contributed by atoms with E-state index in [0.29, 0.717) is 12.3 Å². The van der Waals surface area contributed by atoms with E-state index in [0.717, 1.165) is 18.1 Å². The van der Waals surface area contributed by atoms with Crippen LogP contribution in [0.2, 0.25) is 0 Å². The number of rotatable bonds is 8. The van der Waals surface area contributed by atoms with E-state index in [1.165, 1.54) is 4.88 Å². The topological polar surface area (TPSA) is 68.1 Å². The summed E-state index contributed by atoms with van der Waals surface area (Å²) in [6.07, 6.45) is 3.19. The molecule has 1 atom stereocenters. The van der Waals surface area contributed by atoms with Crippen LogP contribution in [0.25, 0.3) is 0 Å². The first kappa shape index (κ1) is 14.0. The fourth-order valence-electron chi connectivity index (χ4n) is 1.86. The van der Waals surface area contributed by atoms with Gasteiger partial charge in [0, 0.05) is 40.3 Å². The number of hydrogen-bond acceptors (Lipinski definition) is 6. The zero-order valence-electron chi connectivity index (χ0n) is 10.3. The molecule has 5 nitrogen and oxygen atoms in total. The van der Waals surface area contributed by atoms with Gasteiger partial charge < -0.3 is 5.32 Å². The Balaban J connectivity index is 1.88. The van der Waals surface area contributed by atoms with Crippen molar-refractivity contribution in [2.45, 2.75) is 18.8 Å². The normalized spacial score (nSPS) is 12.2. The molecule has 0 aliphatic heterocycles. The van der Waals surface area contributed by atoms with E-state index >= 15 is 0 Å². The lowest BCUT2D eigenvalue weighted by Crippen LogP contribution is -2.13. The molecule has 1 N–H and O–H groups in total. The fourth-order valence-corrected chi connectivity index (χ4v) is 3.26. The van der Waals surface area contributed by atoms with Gasteiger partial charge in [0.1, 0.15) is 0 Å². The maximum Gasteiger partial charge on any atom is 0.203 e. The molecule has 0 saturated carbocycles. The zero-order valence-corrected chi connectivity index (χ0v) is 12.0. The van der Waals surface area contributed by atoms with Crippen LogP contribution in [0.4, 0.5) is 5.13 Å². The predicted octanol–water partition coefficient (Wildman–Crippen LogP) is 3.46. The second kappa shape index (κ2) is 7.20. The average Bonchev–Trinajstić information content (AvgIpc) is 3.05. The monoisotopic (exact) mass is 297 g/mol. The Kier molecular flexibility index (Phi) is 5.29. The van der Waals surface area contributed by atoms with Gasteiger partial charge in [-0.2, -0.15) is 0 Å². The lowest BCUT2D eigenvalue weighted by Gasteiger charge is -2.15. The minimum Gasteiger partial charge on any atom is -0.361 e. The molecule has 0 radical (unpaired) electrons. The summed E-state index contributed by atoms with van der Waals surface area (Å²) in [5.41, 5.74) is 0. The summed E-state index contributed by atoms with van der Waals surface area (Å²) in [6.45, 7) is 0.810. The number of nitrogens with one attached hydrogen (secondary N) is 1. The highest BCUT2D eigenvalue weighted by Crippen LogP contribution is 2.26. The van der Waals surface area contributed by atoms with Crippen LogP contribution in [0, 0.1) is 10.1 Å². The predicted molar refractivity (Wildman–Crippen MR) is 78.8 cm³/mol. The minimum absolute atomic E-state index is 0.0408. The van der Waals surface area contributed by atoms with E-state index in [2.05, 4.69) is 16.4 Å². The maximum atomic E-state index is 10.4. The molecule has 0 aliphatic rings. The fraction of sp³-hybridized carbons (Fsp3) is 0.417. The molecule has 0 saturated heterocycles. The van der Waals surface area contributed by atoms with Crippen LogP contribution >= 0.6 is 22.7 Å². The summed E-state index contributed by atoms with van der Waals surface area (Å²) in [7, 11) is 0. The Labute approximate surface area is 119 Å². The third kappa shape index (κ3) is 4.60. The highest BCUT2D eigenvalue weighted by atomic mass is 32.1. The highest BCUT2D eigenvalue weighted by Gasteiger charge is 2.14. The van der Waals surface area contributed by atoms with Crippen molar-refractivity contribution in [3.8, 4) is 0 Å². The van der Waals surface area contributed by atoms with Crippen LogP contribution in [0.1, 0.15) is 23.6 Å². The first-order valence-electron chi connectivity index (χ1n) is 6.04. The standard InChI is InChI=1S/C12H15N3O2S2/c16-15(17)6-1-3-10(11-4-2-7-18-11)9-14-12-13-5-8-19-12/h2,4-5,7-8,10H,1,3,6,9H2,(H,13,14). The van der Waals surface area contributed by atoms with Crippen molar-refractivity contribution in [3.05, 3.63) is 44.1 Å². The van der Waals surface area contributed by atoms with Gasteiger partial charge in [0.15, 0.2) is 5.13 Å². The van der Waals surface area contributed by atoms with Crippen LogP contribution in [-0.4, -0.2) is 23.0 Å². The highest BCUT2D eigenvalue weighted by molar-refractivity contribution is 7.13. The number of nitro groups is 1. The molecule has 2 aromatic rings. The van der Waals surface area contributed by atoms with Gasteiger partial charge in [0.2, 0.25) is 6.54 Å². The van der Waals surface area contributed by atoms with Crippen molar-refractivity contribution in [2.75, 3.05) is 18.4 Å². The van der Waals surface area contributed by atoms with E-state index < -0.39 is 0 Å². The van der Waals surface area contributed by atoms with Crippen molar-refractivity contribution in [1.29, 1.82) is 0 Å². The number of anilines is 1. The third-order valence-corrected chi connectivity index (χ3v) is 4.54. The van der Waals surface area contributed by atoms with E-state index in [9.17, 15) is 10.1 Å². The van der Waals surface area contributed by atoms with Crippen LogP contribution in [0.3, 0.4) is 0 Å². The van der Waals surface area contributed by atoms with Gasteiger partial charge in [-0.25, -0.2) is 4.98 Å². The summed E-state index contributed by atoms with van der Waals surface area (Å²) in [6, 6.07) is 4.11. The molecule has 7 heteroatoms. The minimum atomic E-state index is -0.250. The number of thiophene rings is 1. The smallest absolute Gasteiger partial charge is 0.203 e. The van der Waals surface area contributed by atoms with E-state index in [-0.39, 0.29) is 11.5 Å². The van der Waals surface area contributed by atoms with Crippen molar-refractivity contribution in [3.63, 3.8) is 0 Å². The quantitative estimate of drug-likeness (QED) is 0.598. The Hall–Kier alpha value is -1.47. The summed E-state index contributed by atoms with van der Waals surface area (Å²) in [4.78, 5) is 15.6. The molecule has 1 unspecified atom stereocenters. The SMILES string of the molecule is O=[N+]([O-])CCCC(CNc1nccs1)c1cccs1. The van der Waals surface area contributed by atoms with Crippen molar-refractivity contribution >= 4 is 27.8 Å². The van der Waals surface area contributed by atoms with Crippen molar-refractivity contribution < 1.29 is 4.92 Å². The first-order chi connectivity index (χ1) is 9.25. The van der Waals surface area contributed by atoms with E-state index in [1.54, 1.807) is 28.9 Å². The van der Waals surface area contributed by atoms with Crippen LogP contribution < -0.4 is 5.32 Å². The number of hydrogen-bond donors (Lipinski definition) is 1. The Morgan fingerprint density at radius 1 is 1.42 bits per heavy atom. The Morgan fingerprint density at radius 2 is 2.32 bits per heavy atom. The van der Waals surface area contributed by atoms with Gasteiger partial charge in [0.25, 0.3) is 0 Å². The molecule has 2 aromatic heterocycles. The van der Waals surface area contributed by atoms with Crippen molar-refractivity contribution in [1.82, 2.24) is 4.98 Å². The second-order valence-corrected chi connectivity index (χ2v) is 6.00. The average molecular weight is 297 g/mol. The molecular weight excluding hydrogens is 282 g/mol. The summed E-state index contributed by atoms with van der Waals surface area (Å²) in [5.74, 6) is 0.309. The molecule has 0 fully saturated rings. The zero-order chi connectivity index (χ0) is 13.5. The second-order valence-electron chi connectivity index (χ2n) is 4.13. The molecule has 0 spiro atoms. The van der Waals surface area contributed by atoms with Crippen LogP contribution in [0.15, 0.2) is 29.1 Å². The third-order valence-electron chi connectivity index (χ3n) is 2.77. The lowest BCUT2D eigenvalue weighted by molar-refractivity contribution is -0.480. The molecule has 0 bridgehead atoms. The largest absolute Gasteiger partial charge is 0.361 e. The molecule has 0 aromatic carbocycles. The van der Waals surface area contributed by atoms with Crippen molar-refractivity contribution in [2.24, 2.45) is 0 Å². The van der Waals surface area contributed by atoms with Gasteiger partial charge in [-0.3, -0.25) is 10.1 Å². The van der Waals surface area contributed by atoms with Crippen LogP contribution in [0.5, 0.6) is 0 Å². The van der Waals surface area contributed by atoms with Gasteiger partial charge in [-0.15, -0.1) is 22.7 Å². The summed E-state index contributed by atoms with van der Waals surface area (Å²) >= 11 is 3.26. The summed E-state index contributed by atoms with van der Waals surface area (Å²) in [5, 5.41) is 18.6. The Morgan fingerprint density at radius 3 is 2.95 bits per heavy atom. The molecular formula is C12H15N3O2S2. The lowest BCUT2D eigenvalue weighted by atomic mass is 10.0. The molecule has 2 rings (SSSR count). The number of aromatic nitrogens is 1. The number of thiazole rings is 1.